The normalized spacial score (nSPS) is 16.0. The van der Waals surface area contributed by atoms with Gasteiger partial charge in [-0.1, -0.05) is 0 Å². The number of methoxy groups -OCH3 is 1. The van der Waals surface area contributed by atoms with Crippen LogP contribution in [0.5, 0.6) is 5.75 Å². The molecular weight excluding hydrogens is 278 g/mol. The van der Waals surface area contributed by atoms with Gasteiger partial charge in [-0.25, -0.2) is 0 Å². The number of carbonyl (C=O) groups is 2. The van der Waals surface area contributed by atoms with E-state index >= 15 is 0 Å². The van der Waals surface area contributed by atoms with Crippen LogP contribution in [0.4, 0.5) is 0 Å². The highest BCUT2D eigenvalue weighted by molar-refractivity contribution is 7.12. The minimum Gasteiger partial charge on any atom is -0.496 e. The third-order valence-corrected chi connectivity index (χ3v) is 4.32. The Kier molecular flexibility index (Phi) is 5.00. The molecule has 0 N–H and O–H groups in total. The van der Waals surface area contributed by atoms with Crippen LogP contribution in [0.3, 0.4) is 0 Å². The SMILES string of the molecule is CCOC(=O)C1CCN(C(=O)c2cc(OC)cs2)CC1. The lowest BCUT2D eigenvalue weighted by atomic mass is 9.97. The molecule has 1 fully saturated rings. The summed E-state index contributed by atoms with van der Waals surface area (Å²) < 4.78 is 10.1. The first-order chi connectivity index (χ1) is 9.65. The summed E-state index contributed by atoms with van der Waals surface area (Å²) in [4.78, 5) is 26.4. The number of likely N-dealkylation sites (tertiary alicyclic amines) is 1. The van der Waals surface area contributed by atoms with E-state index in [1.54, 1.807) is 25.0 Å². The monoisotopic (exact) mass is 297 g/mol. The topological polar surface area (TPSA) is 55.8 Å². The van der Waals surface area contributed by atoms with E-state index in [-0.39, 0.29) is 17.8 Å². The highest BCUT2D eigenvalue weighted by Crippen LogP contribution is 2.25. The maximum Gasteiger partial charge on any atom is 0.309 e. The average Bonchev–Trinajstić information content (AvgIpc) is 2.96. The van der Waals surface area contributed by atoms with E-state index in [1.807, 2.05) is 5.38 Å². The van der Waals surface area contributed by atoms with E-state index in [1.165, 1.54) is 11.3 Å². The zero-order valence-corrected chi connectivity index (χ0v) is 12.6. The van der Waals surface area contributed by atoms with Crippen molar-refractivity contribution in [2.24, 2.45) is 5.92 Å². The van der Waals surface area contributed by atoms with Gasteiger partial charge < -0.3 is 14.4 Å². The number of ether oxygens (including phenoxy) is 2. The standard InChI is InChI=1S/C14H19NO4S/c1-3-19-14(17)10-4-6-15(7-5-10)13(16)12-8-11(18-2)9-20-12/h8-10H,3-7H2,1-2H3. The van der Waals surface area contributed by atoms with Crippen LogP contribution in [0, 0.1) is 5.92 Å². The molecule has 1 aromatic heterocycles. The van der Waals surface area contributed by atoms with Gasteiger partial charge in [-0.15, -0.1) is 11.3 Å². The summed E-state index contributed by atoms with van der Waals surface area (Å²) in [5.74, 6) is 0.509. The highest BCUT2D eigenvalue weighted by atomic mass is 32.1. The number of nitrogens with zero attached hydrogens (tertiary/aromatic N) is 1. The predicted molar refractivity (Wildman–Crippen MR) is 76.1 cm³/mol. The number of amides is 1. The average molecular weight is 297 g/mol. The van der Waals surface area contributed by atoms with Crippen molar-refractivity contribution in [3.05, 3.63) is 16.3 Å². The molecule has 1 aliphatic rings. The molecule has 0 bridgehead atoms. The van der Waals surface area contributed by atoms with Crippen molar-refractivity contribution in [3.63, 3.8) is 0 Å². The van der Waals surface area contributed by atoms with Crippen molar-refractivity contribution in [1.29, 1.82) is 0 Å². The van der Waals surface area contributed by atoms with E-state index in [4.69, 9.17) is 9.47 Å². The first-order valence-electron chi connectivity index (χ1n) is 6.74. The van der Waals surface area contributed by atoms with Crippen LogP contribution in [0.2, 0.25) is 0 Å². The van der Waals surface area contributed by atoms with Gasteiger partial charge in [0, 0.05) is 24.5 Å². The van der Waals surface area contributed by atoms with E-state index in [2.05, 4.69) is 0 Å². The zero-order chi connectivity index (χ0) is 14.5. The second-order valence-corrected chi connectivity index (χ2v) is 5.58. The molecule has 1 aromatic rings. The Morgan fingerprint density at radius 1 is 1.40 bits per heavy atom. The van der Waals surface area contributed by atoms with Gasteiger partial charge >= 0.3 is 5.97 Å². The maximum atomic E-state index is 12.3. The van der Waals surface area contributed by atoms with Crippen LogP contribution < -0.4 is 4.74 Å². The summed E-state index contributed by atoms with van der Waals surface area (Å²) in [5, 5.41) is 1.82. The largest absolute Gasteiger partial charge is 0.496 e. The molecule has 0 spiro atoms. The van der Waals surface area contributed by atoms with Gasteiger partial charge in [0.1, 0.15) is 5.75 Å². The van der Waals surface area contributed by atoms with E-state index in [9.17, 15) is 9.59 Å². The Morgan fingerprint density at radius 2 is 2.10 bits per heavy atom. The fourth-order valence-corrected chi connectivity index (χ4v) is 3.09. The zero-order valence-electron chi connectivity index (χ0n) is 11.8. The molecule has 20 heavy (non-hydrogen) atoms. The summed E-state index contributed by atoms with van der Waals surface area (Å²) in [6, 6.07) is 1.75. The molecule has 1 aliphatic heterocycles. The smallest absolute Gasteiger partial charge is 0.309 e. The summed E-state index contributed by atoms with van der Waals surface area (Å²) in [6.45, 7) is 3.42. The van der Waals surface area contributed by atoms with Gasteiger partial charge in [-0.3, -0.25) is 9.59 Å². The van der Waals surface area contributed by atoms with Gasteiger partial charge in [0.05, 0.1) is 24.5 Å². The fraction of sp³-hybridized carbons (Fsp3) is 0.571. The molecule has 5 nitrogen and oxygen atoms in total. The number of carbonyl (C=O) groups excluding carboxylic acids is 2. The first kappa shape index (κ1) is 14.8. The summed E-state index contributed by atoms with van der Waals surface area (Å²) in [6.07, 6.45) is 1.35. The van der Waals surface area contributed by atoms with Crippen molar-refractivity contribution in [2.75, 3.05) is 26.8 Å². The van der Waals surface area contributed by atoms with Crippen LogP contribution in [-0.2, 0) is 9.53 Å². The molecule has 0 aromatic carbocycles. The van der Waals surface area contributed by atoms with Gasteiger partial charge in [0.2, 0.25) is 0 Å². The molecule has 0 radical (unpaired) electrons. The van der Waals surface area contributed by atoms with E-state index in [0.717, 1.165) is 0 Å². The second-order valence-electron chi connectivity index (χ2n) is 4.67. The second kappa shape index (κ2) is 6.74. The third-order valence-electron chi connectivity index (χ3n) is 3.42. The van der Waals surface area contributed by atoms with Crippen LogP contribution >= 0.6 is 11.3 Å². The lowest BCUT2D eigenvalue weighted by Crippen LogP contribution is -2.40. The minimum absolute atomic E-state index is 0.0145. The lowest BCUT2D eigenvalue weighted by molar-refractivity contribution is -0.149. The molecule has 2 heterocycles. The number of hydrogen-bond acceptors (Lipinski definition) is 5. The van der Waals surface area contributed by atoms with Crippen molar-refractivity contribution >= 4 is 23.2 Å². The van der Waals surface area contributed by atoms with Crippen LogP contribution in [0.25, 0.3) is 0 Å². The predicted octanol–water partition coefficient (Wildman–Crippen LogP) is 2.17. The number of esters is 1. The fourth-order valence-electron chi connectivity index (χ4n) is 2.27. The van der Waals surface area contributed by atoms with Crippen LogP contribution in [0.15, 0.2) is 11.4 Å². The van der Waals surface area contributed by atoms with Crippen molar-refractivity contribution in [2.45, 2.75) is 19.8 Å². The van der Waals surface area contributed by atoms with Crippen molar-refractivity contribution in [3.8, 4) is 5.75 Å². The van der Waals surface area contributed by atoms with E-state index < -0.39 is 0 Å². The van der Waals surface area contributed by atoms with Gasteiger partial charge in [0.25, 0.3) is 5.91 Å². The molecule has 110 valence electrons. The quantitative estimate of drug-likeness (QED) is 0.799. The Balaban J connectivity index is 1.90. The number of thiophene rings is 1. The molecule has 1 amide bonds. The van der Waals surface area contributed by atoms with Gasteiger partial charge in [0.15, 0.2) is 0 Å². The van der Waals surface area contributed by atoms with E-state index in [0.29, 0.717) is 43.2 Å². The Hall–Kier alpha value is -1.56. The summed E-state index contributed by atoms with van der Waals surface area (Å²) in [5.41, 5.74) is 0. The third kappa shape index (κ3) is 3.30. The number of piperidine rings is 1. The first-order valence-corrected chi connectivity index (χ1v) is 7.62. The maximum absolute atomic E-state index is 12.3. The molecule has 0 unspecified atom stereocenters. The molecule has 0 aliphatic carbocycles. The molecule has 2 rings (SSSR count). The Bertz CT molecular complexity index is 477. The summed E-state index contributed by atoms with van der Waals surface area (Å²) in [7, 11) is 1.58. The molecule has 0 saturated carbocycles. The van der Waals surface area contributed by atoms with Crippen molar-refractivity contribution < 1.29 is 19.1 Å². The lowest BCUT2D eigenvalue weighted by Gasteiger charge is -2.30. The van der Waals surface area contributed by atoms with Gasteiger partial charge in [-0.05, 0) is 19.8 Å². The number of hydrogen-bond donors (Lipinski definition) is 0. The highest BCUT2D eigenvalue weighted by Gasteiger charge is 2.29. The molecule has 6 heteroatoms. The minimum atomic E-state index is -0.141. The molecule has 1 saturated heterocycles. The molecule has 0 atom stereocenters. The Morgan fingerprint density at radius 3 is 2.65 bits per heavy atom. The van der Waals surface area contributed by atoms with Crippen molar-refractivity contribution in [1.82, 2.24) is 4.90 Å². The van der Waals surface area contributed by atoms with Gasteiger partial charge in [-0.2, -0.15) is 0 Å². The molecular formula is C14H19NO4S. The number of rotatable bonds is 4. The Labute approximate surface area is 122 Å². The summed E-state index contributed by atoms with van der Waals surface area (Å²) >= 11 is 1.38. The van der Waals surface area contributed by atoms with Crippen LogP contribution in [-0.4, -0.2) is 43.6 Å². The van der Waals surface area contributed by atoms with Crippen LogP contribution in [0.1, 0.15) is 29.4 Å².